The molecule has 1 aromatic carbocycles. The zero-order valence-corrected chi connectivity index (χ0v) is 24.7. The molecule has 2 heterocycles. The van der Waals surface area contributed by atoms with E-state index in [4.69, 9.17) is 9.84 Å². The zero-order chi connectivity index (χ0) is 28.7. The summed E-state index contributed by atoms with van der Waals surface area (Å²) >= 11 is 0. The van der Waals surface area contributed by atoms with E-state index in [0.29, 0.717) is 41.5 Å². The maximum Gasteiger partial charge on any atom is 0.277 e. The number of aromatic amines is 1. The molecule has 0 saturated carbocycles. The van der Waals surface area contributed by atoms with Crippen molar-refractivity contribution in [1.82, 2.24) is 28.8 Å². The summed E-state index contributed by atoms with van der Waals surface area (Å²) in [5.41, 5.74) is 0.949. The number of nitrogens with zero attached hydrogens (tertiary/aromatic N) is 5. The lowest BCUT2D eigenvalue weighted by molar-refractivity contribution is 0.229. The van der Waals surface area contributed by atoms with Crippen LogP contribution < -0.4 is 10.3 Å². The van der Waals surface area contributed by atoms with Crippen molar-refractivity contribution in [2.24, 2.45) is 0 Å². The molecule has 0 atom stereocenters. The van der Waals surface area contributed by atoms with Crippen LogP contribution in [0.15, 0.2) is 27.9 Å². The van der Waals surface area contributed by atoms with Crippen molar-refractivity contribution in [2.45, 2.75) is 65.2 Å². The molecule has 0 saturated heterocycles. The molecule has 0 unspecified atom stereocenters. The lowest BCUT2D eigenvalue weighted by atomic mass is 10.0. The van der Waals surface area contributed by atoms with Gasteiger partial charge in [0.25, 0.3) is 5.56 Å². The molecule has 0 aliphatic rings. The Morgan fingerprint density at radius 3 is 2.36 bits per heavy atom. The highest BCUT2D eigenvalue weighted by molar-refractivity contribution is 7.89. The molecule has 0 spiro atoms. The summed E-state index contributed by atoms with van der Waals surface area (Å²) in [6.07, 6.45) is 1.68. The first kappa shape index (κ1) is 30.7. The molecule has 216 valence electrons. The molecule has 3 rings (SSSR count). The van der Waals surface area contributed by atoms with E-state index in [-0.39, 0.29) is 41.9 Å². The van der Waals surface area contributed by atoms with Crippen LogP contribution in [0.4, 0.5) is 0 Å². The van der Waals surface area contributed by atoms with Gasteiger partial charge in [-0.25, -0.2) is 17.9 Å². The third kappa shape index (κ3) is 6.51. The van der Waals surface area contributed by atoms with Gasteiger partial charge in [0.2, 0.25) is 10.0 Å². The number of rotatable bonds is 15. The number of hydrogen-bond donors (Lipinski definition) is 2. The number of aryl methyl sites for hydroxylation is 1. The first-order valence-corrected chi connectivity index (χ1v) is 15.2. The summed E-state index contributed by atoms with van der Waals surface area (Å²) in [6.45, 7) is 14.2. The van der Waals surface area contributed by atoms with Crippen LogP contribution in [0.3, 0.4) is 0 Å². The molecule has 0 amide bonds. The third-order valence-corrected chi connectivity index (χ3v) is 9.00. The highest BCUT2D eigenvalue weighted by Crippen LogP contribution is 2.32. The number of aliphatic hydroxyl groups is 1. The summed E-state index contributed by atoms with van der Waals surface area (Å²) in [5, 5.41) is 14.4. The Balaban J connectivity index is 2.17. The third-order valence-electron chi connectivity index (χ3n) is 7.10. The van der Waals surface area contributed by atoms with Crippen molar-refractivity contribution in [3.8, 4) is 17.1 Å². The van der Waals surface area contributed by atoms with Crippen LogP contribution in [0.25, 0.3) is 16.9 Å². The Morgan fingerprint density at radius 2 is 1.77 bits per heavy atom. The van der Waals surface area contributed by atoms with Gasteiger partial charge in [0.1, 0.15) is 11.6 Å². The summed E-state index contributed by atoms with van der Waals surface area (Å²) in [5.74, 6) is 1.41. The van der Waals surface area contributed by atoms with Gasteiger partial charge in [0.15, 0.2) is 11.3 Å². The zero-order valence-electron chi connectivity index (χ0n) is 23.9. The minimum Gasteiger partial charge on any atom is -0.493 e. The van der Waals surface area contributed by atoms with Gasteiger partial charge in [0, 0.05) is 25.6 Å². The van der Waals surface area contributed by atoms with Crippen molar-refractivity contribution < 1.29 is 18.3 Å². The summed E-state index contributed by atoms with van der Waals surface area (Å²) in [6, 6.07) is 4.55. The van der Waals surface area contributed by atoms with Crippen LogP contribution in [-0.2, 0) is 10.0 Å². The van der Waals surface area contributed by atoms with Crippen LogP contribution in [0.2, 0.25) is 0 Å². The number of imidazole rings is 1. The number of aliphatic hydroxyl groups excluding tert-OH is 1. The molecule has 0 radical (unpaired) electrons. The van der Waals surface area contributed by atoms with Gasteiger partial charge in [0.05, 0.1) is 29.4 Å². The van der Waals surface area contributed by atoms with Crippen LogP contribution in [0, 0.1) is 6.92 Å². The number of H-pyrrole nitrogens is 1. The summed E-state index contributed by atoms with van der Waals surface area (Å²) < 4.78 is 36.1. The van der Waals surface area contributed by atoms with Crippen LogP contribution in [0.1, 0.15) is 64.9 Å². The van der Waals surface area contributed by atoms with Crippen molar-refractivity contribution in [2.75, 3.05) is 45.9 Å². The maximum absolute atomic E-state index is 13.7. The summed E-state index contributed by atoms with van der Waals surface area (Å²) in [4.78, 5) is 22.8. The molecule has 2 aromatic heterocycles. The molecule has 0 bridgehead atoms. The lowest BCUT2D eigenvalue weighted by Gasteiger charge is -2.25. The number of benzene rings is 1. The highest BCUT2D eigenvalue weighted by Gasteiger charge is 2.27. The summed E-state index contributed by atoms with van der Waals surface area (Å²) in [7, 11) is -3.96. The molecular weight excluding hydrogens is 520 g/mol. The first-order valence-electron chi connectivity index (χ1n) is 13.8. The van der Waals surface area contributed by atoms with E-state index in [1.165, 1.54) is 16.4 Å². The van der Waals surface area contributed by atoms with Gasteiger partial charge in [-0.2, -0.15) is 4.31 Å². The second kappa shape index (κ2) is 13.5. The fraction of sp³-hybridized carbons (Fsp3) is 0.593. The van der Waals surface area contributed by atoms with Gasteiger partial charge >= 0.3 is 0 Å². The monoisotopic (exact) mass is 562 g/mol. The van der Waals surface area contributed by atoms with E-state index in [1.54, 1.807) is 17.5 Å². The normalized spacial score (nSPS) is 12.4. The van der Waals surface area contributed by atoms with E-state index in [9.17, 15) is 18.3 Å². The molecule has 12 heteroatoms. The SMILES string of the molecule is CCOc1ccc(S(=O)(=O)N(CCO)CCN(CC)CC)cc1-c1nn2c(C(CC)CC)nc(C)c2c(=O)[nH]1. The minimum atomic E-state index is -3.96. The predicted octanol–water partition coefficient (Wildman–Crippen LogP) is 3.02. The van der Waals surface area contributed by atoms with Crippen molar-refractivity contribution >= 4 is 15.5 Å². The fourth-order valence-electron chi connectivity index (χ4n) is 4.77. The minimum absolute atomic E-state index is 0.0266. The van der Waals surface area contributed by atoms with E-state index in [2.05, 4.69) is 28.7 Å². The molecule has 3 aromatic rings. The predicted molar refractivity (Wildman–Crippen MR) is 152 cm³/mol. The Kier molecular flexibility index (Phi) is 10.6. The average molecular weight is 563 g/mol. The number of sulfonamides is 1. The molecule has 0 fully saturated rings. The van der Waals surface area contributed by atoms with Crippen LogP contribution >= 0.6 is 0 Å². The number of likely N-dealkylation sites (N-methyl/N-ethyl adjacent to an activating group) is 1. The Bertz CT molecular complexity index is 1410. The Labute approximate surface area is 230 Å². The maximum atomic E-state index is 13.7. The van der Waals surface area contributed by atoms with Gasteiger partial charge in [-0.05, 0) is 58.0 Å². The van der Waals surface area contributed by atoms with Gasteiger partial charge in [-0.15, -0.1) is 5.10 Å². The number of aromatic nitrogens is 4. The molecule has 0 aliphatic carbocycles. The number of hydrogen-bond acceptors (Lipinski definition) is 8. The first-order chi connectivity index (χ1) is 18.7. The molecule has 2 N–H and O–H groups in total. The van der Waals surface area contributed by atoms with Gasteiger partial charge < -0.3 is 19.7 Å². The van der Waals surface area contributed by atoms with E-state index in [0.717, 1.165) is 25.9 Å². The number of ether oxygens (including phenoxy) is 1. The molecule has 11 nitrogen and oxygen atoms in total. The quantitative estimate of drug-likeness (QED) is 0.289. The van der Waals surface area contributed by atoms with E-state index < -0.39 is 10.0 Å². The molecule has 39 heavy (non-hydrogen) atoms. The second-order valence-electron chi connectivity index (χ2n) is 9.38. The van der Waals surface area contributed by atoms with Gasteiger partial charge in [-0.1, -0.05) is 27.7 Å². The van der Waals surface area contributed by atoms with Crippen molar-refractivity contribution in [3.05, 3.63) is 40.1 Å². The van der Waals surface area contributed by atoms with E-state index >= 15 is 0 Å². The second-order valence-corrected chi connectivity index (χ2v) is 11.3. The Hall–Kier alpha value is -2.80. The van der Waals surface area contributed by atoms with Crippen LogP contribution in [-0.4, -0.2) is 88.2 Å². The number of fused-ring (bicyclic) bond motifs is 1. The van der Waals surface area contributed by atoms with Crippen molar-refractivity contribution in [1.29, 1.82) is 0 Å². The highest BCUT2D eigenvalue weighted by atomic mass is 32.2. The Morgan fingerprint density at radius 1 is 1.08 bits per heavy atom. The van der Waals surface area contributed by atoms with E-state index in [1.807, 2.05) is 20.8 Å². The van der Waals surface area contributed by atoms with Gasteiger partial charge in [-0.3, -0.25) is 4.79 Å². The fourth-order valence-corrected chi connectivity index (χ4v) is 6.22. The van der Waals surface area contributed by atoms with Crippen molar-refractivity contribution in [3.63, 3.8) is 0 Å². The lowest BCUT2D eigenvalue weighted by Crippen LogP contribution is -2.40. The number of nitrogens with one attached hydrogen (secondary N) is 1. The molecule has 0 aliphatic heterocycles. The standard InChI is InChI=1S/C27H42N6O5S/c1-7-20(8-2)26-28-19(6)24-27(35)29-25(30-33(24)26)22-18-21(12-13-23(22)38-11-5)39(36,37)32(16-17-34)15-14-31(9-3)10-4/h12-13,18,20,34H,7-11,14-17H2,1-6H3,(H,29,30,35). The van der Waals surface area contributed by atoms with Crippen LogP contribution in [0.5, 0.6) is 5.75 Å². The smallest absolute Gasteiger partial charge is 0.277 e. The largest absolute Gasteiger partial charge is 0.493 e. The average Bonchev–Trinajstić information content (AvgIpc) is 3.25. The molecular formula is C27H42N6O5S. The topological polar surface area (TPSA) is 133 Å².